The van der Waals surface area contributed by atoms with Gasteiger partial charge in [-0.25, -0.2) is 5.43 Å². The van der Waals surface area contributed by atoms with Gasteiger partial charge < -0.3 is 5.73 Å². The number of nitrogens with two attached hydrogens (primary N) is 1. The number of hydrogen-bond donors (Lipinski definition) is 3. The summed E-state index contributed by atoms with van der Waals surface area (Å²) in [5, 5.41) is 0. The molecule has 0 aromatic heterocycles. The van der Waals surface area contributed by atoms with Crippen molar-refractivity contribution in [2.45, 2.75) is 0 Å². The zero-order valence-electron chi connectivity index (χ0n) is 4.40. The maximum Gasteiger partial charge on any atom is 0.0569 e. The molecule has 0 unspecified atom stereocenters. The Kier molecular flexibility index (Phi) is 6.43. The molecule has 0 aliphatic carbocycles. The van der Waals surface area contributed by atoms with Gasteiger partial charge in [-0.1, -0.05) is 0 Å². The number of hydrogen-bond acceptors (Lipinski definition) is 4. The minimum Gasteiger partial charge on any atom is -0.322 e. The summed E-state index contributed by atoms with van der Waals surface area (Å²) < 4.78 is 0. The Morgan fingerprint density at radius 1 is 1.71 bits per heavy atom. The molecule has 0 aromatic carbocycles. The van der Waals surface area contributed by atoms with Gasteiger partial charge in [0.15, 0.2) is 0 Å². The largest absolute Gasteiger partial charge is 0.322 e. The zero-order chi connectivity index (χ0) is 5.54. The SMILES string of the molecule is CNNCSCN. The average molecular weight is 121 g/mol. The average Bonchev–Trinajstić information content (AvgIpc) is 1.69. The Balaban J connectivity index is 2.45. The fraction of sp³-hybridized carbons (Fsp3) is 1.00. The van der Waals surface area contributed by atoms with E-state index >= 15 is 0 Å². The lowest BCUT2D eigenvalue weighted by Crippen LogP contribution is -2.27. The molecular weight excluding hydrogens is 110 g/mol. The summed E-state index contributed by atoms with van der Waals surface area (Å²) in [6.45, 7) is 0. The predicted molar refractivity (Wildman–Crippen MR) is 33.7 cm³/mol. The van der Waals surface area contributed by atoms with E-state index in [2.05, 4.69) is 10.9 Å². The fourth-order valence-electron chi connectivity index (χ4n) is 0.182. The molecule has 0 radical (unpaired) electrons. The van der Waals surface area contributed by atoms with Crippen LogP contribution in [0, 0.1) is 0 Å². The second kappa shape index (κ2) is 6.23. The van der Waals surface area contributed by atoms with Gasteiger partial charge >= 0.3 is 0 Å². The molecule has 0 amide bonds. The Morgan fingerprint density at radius 2 is 2.43 bits per heavy atom. The molecule has 0 atom stereocenters. The minimum atomic E-state index is 0.675. The Hall–Kier alpha value is 0.230. The van der Waals surface area contributed by atoms with Crippen LogP contribution in [-0.4, -0.2) is 18.8 Å². The Morgan fingerprint density at radius 3 is 2.86 bits per heavy atom. The van der Waals surface area contributed by atoms with Gasteiger partial charge in [0.1, 0.15) is 0 Å². The van der Waals surface area contributed by atoms with Crippen molar-refractivity contribution < 1.29 is 0 Å². The summed E-state index contributed by atoms with van der Waals surface area (Å²) in [6.07, 6.45) is 0. The van der Waals surface area contributed by atoms with Gasteiger partial charge in [0.2, 0.25) is 0 Å². The number of nitrogens with one attached hydrogen (secondary N) is 2. The van der Waals surface area contributed by atoms with Gasteiger partial charge in [-0.05, 0) is 7.05 Å². The van der Waals surface area contributed by atoms with Gasteiger partial charge in [0.25, 0.3) is 0 Å². The van der Waals surface area contributed by atoms with Crippen LogP contribution < -0.4 is 16.6 Å². The molecular formula is C3H11N3S. The molecule has 44 valence electrons. The third kappa shape index (κ3) is 6.23. The summed E-state index contributed by atoms with van der Waals surface area (Å²) in [5.74, 6) is 1.54. The number of hydrazine groups is 1. The Labute approximate surface area is 48.0 Å². The zero-order valence-corrected chi connectivity index (χ0v) is 5.22. The van der Waals surface area contributed by atoms with E-state index in [0.717, 1.165) is 5.88 Å². The van der Waals surface area contributed by atoms with Crippen LogP contribution in [0.1, 0.15) is 0 Å². The molecule has 4 N–H and O–H groups in total. The maximum absolute atomic E-state index is 5.16. The van der Waals surface area contributed by atoms with Crippen molar-refractivity contribution in [3.8, 4) is 0 Å². The topological polar surface area (TPSA) is 50.1 Å². The normalized spacial score (nSPS) is 9.43. The smallest absolute Gasteiger partial charge is 0.0569 e. The number of rotatable bonds is 4. The second-order valence-electron chi connectivity index (χ2n) is 0.942. The van der Waals surface area contributed by atoms with Gasteiger partial charge in [0.05, 0.1) is 5.88 Å². The first-order valence-corrected chi connectivity index (χ1v) is 3.24. The van der Waals surface area contributed by atoms with Crippen LogP contribution in [0.2, 0.25) is 0 Å². The molecule has 0 spiro atoms. The molecule has 3 nitrogen and oxygen atoms in total. The Bertz CT molecular complexity index is 29.4. The lowest BCUT2D eigenvalue weighted by atomic mass is 11.4. The highest BCUT2D eigenvalue weighted by Gasteiger charge is 1.76. The van der Waals surface area contributed by atoms with E-state index in [1.165, 1.54) is 0 Å². The van der Waals surface area contributed by atoms with Crippen molar-refractivity contribution in [1.82, 2.24) is 10.9 Å². The van der Waals surface area contributed by atoms with Gasteiger partial charge in [-0.2, -0.15) is 0 Å². The highest BCUT2D eigenvalue weighted by molar-refractivity contribution is 7.99. The van der Waals surface area contributed by atoms with Crippen LogP contribution >= 0.6 is 11.8 Å². The van der Waals surface area contributed by atoms with E-state index in [4.69, 9.17) is 5.73 Å². The highest BCUT2D eigenvalue weighted by atomic mass is 32.2. The highest BCUT2D eigenvalue weighted by Crippen LogP contribution is 1.86. The van der Waals surface area contributed by atoms with Crippen molar-refractivity contribution in [2.24, 2.45) is 5.73 Å². The molecule has 0 heterocycles. The van der Waals surface area contributed by atoms with Crippen molar-refractivity contribution >= 4 is 11.8 Å². The molecule has 0 bridgehead atoms. The number of thioether (sulfide) groups is 1. The third-order valence-electron chi connectivity index (χ3n) is 0.469. The summed E-state index contributed by atoms with van der Waals surface area (Å²) in [5.41, 5.74) is 10.8. The standard InChI is InChI=1S/C3H11N3S/c1-5-6-3-7-2-4/h5-6H,2-4H2,1H3. The van der Waals surface area contributed by atoms with E-state index in [9.17, 15) is 0 Å². The van der Waals surface area contributed by atoms with E-state index in [-0.39, 0.29) is 0 Å². The molecule has 4 heteroatoms. The quantitative estimate of drug-likeness (QED) is 0.262. The summed E-state index contributed by atoms with van der Waals surface area (Å²) in [7, 11) is 1.83. The lowest BCUT2D eigenvalue weighted by molar-refractivity contribution is 0.673. The first kappa shape index (κ1) is 7.23. The summed E-state index contributed by atoms with van der Waals surface area (Å²) >= 11 is 1.64. The second-order valence-corrected chi connectivity index (χ2v) is 1.97. The van der Waals surface area contributed by atoms with Crippen LogP contribution in [0.25, 0.3) is 0 Å². The monoisotopic (exact) mass is 121 g/mol. The van der Waals surface area contributed by atoms with Crippen molar-refractivity contribution in [3.63, 3.8) is 0 Å². The molecule has 0 aliphatic heterocycles. The first-order valence-electron chi connectivity index (χ1n) is 2.09. The molecule has 0 saturated heterocycles. The molecule has 0 rings (SSSR count). The van der Waals surface area contributed by atoms with Crippen LogP contribution in [0.5, 0.6) is 0 Å². The van der Waals surface area contributed by atoms with Crippen LogP contribution in [0.3, 0.4) is 0 Å². The van der Waals surface area contributed by atoms with Crippen LogP contribution in [-0.2, 0) is 0 Å². The predicted octanol–water partition coefficient (Wildman–Crippen LogP) is -0.683. The van der Waals surface area contributed by atoms with Gasteiger partial charge in [0, 0.05) is 5.88 Å². The van der Waals surface area contributed by atoms with Crippen molar-refractivity contribution in [1.29, 1.82) is 0 Å². The van der Waals surface area contributed by atoms with Gasteiger partial charge in [-0.3, -0.25) is 5.43 Å². The van der Waals surface area contributed by atoms with E-state index in [1.54, 1.807) is 11.8 Å². The summed E-state index contributed by atoms with van der Waals surface area (Å²) in [6, 6.07) is 0. The summed E-state index contributed by atoms with van der Waals surface area (Å²) in [4.78, 5) is 0. The van der Waals surface area contributed by atoms with E-state index < -0.39 is 0 Å². The van der Waals surface area contributed by atoms with E-state index in [1.807, 2.05) is 7.05 Å². The minimum absolute atomic E-state index is 0.675. The van der Waals surface area contributed by atoms with Crippen molar-refractivity contribution in [2.75, 3.05) is 18.8 Å². The van der Waals surface area contributed by atoms with Crippen LogP contribution in [0.15, 0.2) is 0 Å². The molecule has 7 heavy (non-hydrogen) atoms. The first-order chi connectivity index (χ1) is 3.41. The van der Waals surface area contributed by atoms with Gasteiger partial charge in [-0.15, -0.1) is 11.8 Å². The maximum atomic E-state index is 5.16. The molecule has 0 saturated carbocycles. The molecule has 0 fully saturated rings. The fourth-order valence-corrected chi connectivity index (χ4v) is 0.546. The lowest BCUT2D eigenvalue weighted by Gasteiger charge is -1.97. The van der Waals surface area contributed by atoms with Crippen molar-refractivity contribution in [3.05, 3.63) is 0 Å². The van der Waals surface area contributed by atoms with Crippen LogP contribution in [0.4, 0.5) is 0 Å². The molecule has 0 aliphatic rings. The third-order valence-corrected chi connectivity index (χ3v) is 1.05. The molecule has 0 aromatic rings. The van der Waals surface area contributed by atoms with E-state index in [0.29, 0.717) is 5.88 Å².